The van der Waals surface area contributed by atoms with Crippen LogP contribution in [0.1, 0.15) is 37.2 Å². The number of hydrogen-bond donors (Lipinski definition) is 0. The number of sulfone groups is 1. The normalized spacial score (nSPS) is 17.9. The molecule has 148 valence electrons. The Hall–Kier alpha value is -1.84. The molecule has 9 heteroatoms. The fourth-order valence-electron chi connectivity index (χ4n) is 3.41. The van der Waals surface area contributed by atoms with Crippen molar-refractivity contribution in [2.45, 2.75) is 43.5 Å². The summed E-state index contributed by atoms with van der Waals surface area (Å²) in [4.78, 5) is 4.95. The second kappa shape index (κ2) is 8.45. The zero-order chi connectivity index (χ0) is 19.4. The summed E-state index contributed by atoms with van der Waals surface area (Å²) in [6, 6.07) is 6.92. The maximum absolute atomic E-state index is 12.8. The van der Waals surface area contributed by atoms with Crippen LogP contribution in [0.15, 0.2) is 29.2 Å². The van der Waals surface area contributed by atoms with E-state index in [0.717, 1.165) is 44.6 Å². The number of hydrogen-bond acceptors (Lipinski definition) is 7. The number of aryl methyl sites for hydroxylation is 1. The van der Waals surface area contributed by atoms with Gasteiger partial charge in [0, 0.05) is 26.2 Å². The van der Waals surface area contributed by atoms with Gasteiger partial charge in [0.1, 0.15) is 0 Å². The lowest BCUT2D eigenvalue weighted by molar-refractivity contribution is 0.0999. The van der Waals surface area contributed by atoms with Gasteiger partial charge in [0.05, 0.1) is 10.9 Å². The molecule has 1 fully saturated rings. The van der Waals surface area contributed by atoms with Gasteiger partial charge in [0.15, 0.2) is 21.5 Å². The molecule has 0 amide bonds. The van der Waals surface area contributed by atoms with Crippen molar-refractivity contribution in [2.24, 2.45) is 0 Å². The second-order valence-corrected chi connectivity index (χ2v) is 9.20. The van der Waals surface area contributed by atoms with Crippen LogP contribution in [-0.2, 0) is 15.7 Å². The first-order valence-corrected chi connectivity index (χ1v) is 11.0. The smallest absolute Gasteiger partial charge is 0.198 e. The van der Waals surface area contributed by atoms with Gasteiger partial charge in [-0.1, -0.05) is 31.0 Å². The van der Waals surface area contributed by atoms with Gasteiger partial charge in [-0.2, -0.15) is 0 Å². The standard InChI is InChI=1S/C18H28N6O2S/c1-4-5-17(23-12-10-22(3)11-13-23)18-19-20-21-24(18)14-27(25,26)16-8-6-15(2)7-9-16/h6-9,17H,4-5,10-14H2,1-3H3/t17-/m0/s1. The van der Waals surface area contributed by atoms with Gasteiger partial charge in [-0.05, 0) is 43.0 Å². The number of tetrazole rings is 1. The van der Waals surface area contributed by atoms with Crippen LogP contribution in [0.5, 0.6) is 0 Å². The summed E-state index contributed by atoms with van der Waals surface area (Å²) >= 11 is 0. The van der Waals surface area contributed by atoms with Crippen molar-refractivity contribution in [3.05, 3.63) is 35.7 Å². The molecular weight excluding hydrogens is 364 g/mol. The van der Waals surface area contributed by atoms with Crippen molar-refractivity contribution >= 4 is 9.84 Å². The monoisotopic (exact) mass is 392 g/mol. The lowest BCUT2D eigenvalue weighted by Gasteiger charge is -2.37. The Morgan fingerprint density at radius 3 is 2.41 bits per heavy atom. The van der Waals surface area contributed by atoms with Crippen LogP contribution in [0.2, 0.25) is 0 Å². The van der Waals surface area contributed by atoms with Crippen molar-refractivity contribution in [1.29, 1.82) is 0 Å². The molecule has 1 aromatic heterocycles. The summed E-state index contributed by atoms with van der Waals surface area (Å²) in [5.41, 5.74) is 1.02. The Balaban J connectivity index is 1.84. The van der Waals surface area contributed by atoms with E-state index in [0.29, 0.717) is 10.7 Å². The summed E-state index contributed by atoms with van der Waals surface area (Å²) in [6.45, 7) is 7.89. The molecule has 1 aliphatic heterocycles. The Morgan fingerprint density at radius 2 is 1.78 bits per heavy atom. The van der Waals surface area contributed by atoms with Gasteiger partial charge in [-0.15, -0.1) is 5.10 Å². The fraction of sp³-hybridized carbons (Fsp3) is 0.611. The molecule has 2 aromatic rings. The minimum Gasteiger partial charge on any atom is -0.304 e. The first-order valence-electron chi connectivity index (χ1n) is 9.39. The van der Waals surface area contributed by atoms with E-state index in [4.69, 9.17) is 0 Å². The van der Waals surface area contributed by atoms with Crippen LogP contribution in [0.25, 0.3) is 0 Å². The van der Waals surface area contributed by atoms with Gasteiger partial charge in [0.25, 0.3) is 0 Å². The minimum absolute atomic E-state index is 0.0342. The zero-order valence-electron chi connectivity index (χ0n) is 16.2. The molecule has 2 heterocycles. The molecule has 1 saturated heterocycles. The van der Waals surface area contributed by atoms with E-state index in [-0.39, 0.29) is 11.9 Å². The van der Waals surface area contributed by atoms with Crippen molar-refractivity contribution in [1.82, 2.24) is 30.0 Å². The lowest BCUT2D eigenvalue weighted by Crippen LogP contribution is -2.46. The molecule has 0 unspecified atom stereocenters. The quantitative estimate of drug-likeness (QED) is 0.706. The van der Waals surface area contributed by atoms with E-state index in [1.54, 1.807) is 24.3 Å². The van der Waals surface area contributed by atoms with Crippen LogP contribution < -0.4 is 0 Å². The number of aromatic nitrogens is 4. The summed E-state index contributed by atoms with van der Waals surface area (Å²) in [5, 5.41) is 12.0. The summed E-state index contributed by atoms with van der Waals surface area (Å²) in [5.74, 6) is 0.392. The highest BCUT2D eigenvalue weighted by molar-refractivity contribution is 7.90. The molecule has 0 radical (unpaired) electrons. The maximum Gasteiger partial charge on any atom is 0.198 e. The third-order valence-corrected chi connectivity index (χ3v) is 6.65. The number of likely N-dealkylation sites (N-methyl/N-ethyl adjacent to an activating group) is 1. The highest BCUT2D eigenvalue weighted by atomic mass is 32.2. The van der Waals surface area contributed by atoms with Crippen molar-refractivity contribution < 1.29 is 8.42 Å². The molecule has 3 rings (SSSR count). The molecule has 27 heavy (non-hydrogen) atoms. The molecule has 0 aliphatic carbocycles. The van der Waals surface area contributed by atoms with Crippen molar-refractivity contribution in [3.8, 4) is 0 Å². The SMILES string of the molecule is CCC[C@@H](c1nnnn1CS(=O)(=O)c1ccc(C)cc1)N1CCN(C)CC1. The lowest BCUT2D eigenvalue weighted by atomic mass is 10.1. The van der Waals surface area contributed by atoms with E-state index in [2.05, 4.69) is 39.3 Å². The van der Waals surface area contributed by atoms with E-state index in [1.165, 1.54) is 4.68 Å². The predicted molar refractivity (Wildman–Crippen MR) is 103 cm³/mol. The van der Waals surface area contributed by atoms with Gasteiger partial charge < -0.3 is 4.90 Å². The molecular formula is C18H28N6O2S. The topological polar surface area (TPSA) is 84.2 Å². The van der Waals surface area contributed by atoms with Crippen LogP contribution in [-0.4, -0.2) is 71.7 Å². The third kappa shape index (κ3) is 4.72. The molecule has 0 spiro atoms. The van der Waals surface area contributed by atoms with E-state index < -0.39 is 9.84 Å². The average Bonchev–Trinajstić information content (AvgIpc) is 3.08. The Morgan fingerprint density at radius 1 is 1.11 bits per heavy atom. The largest absolute Gasteiger partial charge is 0.304 e. The Bertz CT molecular complexity index is 841. The van der Waals surface area contributed by atoms with Gasteiger partial charge in [-0.3, -0.25) is 4.90 Å². The van der Waals surface area contributed by atoms with Crippen LogP contribution in [0.3, 0.4) is 0 Å². The third-order valence-electron chi connectivity index (χ3n) is 5.07. The van der Waals surface area contributed by atoms with Gasteiger partial charge >= 0.3 is 0 Å². The van der Waals surface area contributed by atoms with Gasteiger partial charge in [0.2, 0.25) is 0 Å². The fourth-order valence-corrected chi connectivity index (χ4v) is 4.61. The Labute approximate surface area is 161 Å². The van der Waals surface area contributed by atoms with Crippen LogP contribution in [0, 0.1) is 6.92 Å². The molecule has 1 aromatic carbocycles. The van der Waals surface area contributed by atoms with Gasteiger partial charge in [-0.25, -0.2) is 13.1 Å². The van der Waals surface area contributed by atoms with E-state index >= 15 is 0 Å². The summed E-state index contributed by atoms with van der Waals surface area (Å²) in [6.07, 6.45) is 1.88. The molecule has 1 atom stereocenters. The molecule has 0 N–H and O–H groups in total. The second-order valence-electron chi connectivity index (χ2n) is 7.24. The van der Waals surface area contributed by atoms with E-state index in [9.17, 15) is 8.42 Å². The summed E-state index contributed by atoms with van der Waals surface area (Å²) in [7, 11) is -1.40. The first kappa shape index (κ1) is 19.9. The number of rotatable bonds is 7. The zero-order valence-corrected chi connectivity index (χ0v) is 17.1. The van der Waals surface area contributed by atoms with Crippen LogP contribution in [0.4, 0.5) is 0 Å². The first-order chi connectivity index (χ1) is 12.9. The Kier molecular flexibility index (Phi) is 6.23. The maximum atomic E-state index is 12.8. The molecule has 0 bridgehead atoms. The van der Waals surface area contributed by atoms with Crippen molar-refractivity contribution in [2.75, 3.05) is 33.2 Å². The predicted octanol–water partition coefficient (Wildman–Crippen LogP) is 1.50. The van der Waals surface area contributed by atoms with Crippen LogP contribution >= 0.6 is 0 Å². The molecule has 1 aliphatic rings. The van der Waals surface area contributed by atoms with Crippen molar-refractivity contribution in [3.63, 3.8) is 0 Å². The summed E-state index contributed by atoms with van der Waals surface area (Å²) < 4.78 is 27.1. The molecule has 0 saturated carbocycles. The average molecular weight is 393 g/mol. The molecule has 8 nitrogen and oxygen atoms in total. The number of nitrogens with zero attached hydrogens (tertiary/aromatic N) is 6. The number of benzene rings is 1. The number of piperazine rings is 1. The van der Waals surface area contributed by atoms with E-state index in [1.807, 2.05) is 6.92 Å². The highest BCUT2D eigenvalue weighted by Crippen LogP contribution is 2.25. The highest BCUT2D eigenvalue weighted by Gasteiger charge is 2.29. The minimum atomic E-state index is -3.52.